The van der Waals surface area contributed by atoms with Crippen LogP contribution in [0, 0.1) is 5.92 Å². The van der Waals surface area contributed by atoms with Crippen LogP contribution in [0.4, 0.5) is 11.4 Å². The zero-order valence-corrected chi connectivity index (χ0v) is 22.4. The number of rotatable bonds is 9. The number of pyridine rings is 1. The van der Waals surface area contributed by atoms with Crippen LogP contribution in [0.5, 0.6) is 17.2 Å². The van der Waals surface area contributed by atoms with Gasteiger partial charge in [0.25, 0.3) is 5.91 Å². The van der Waals surface area contributed by atoms with Gasteiger partial charge in [-0.25, -0.2) is 4.79 Å². The van der Waals surface area contributed by atoms with Crippen LogP contribution in [0.2, 0.25) is 10.0 Å². The summed E-state index contributed by atoms with van der Waals surface area (Å²) in [6.45, 7) is 3.97. The van der Waals surface area contributed by atoms with Gasteiger partial charge in [0.15, 0.2) is 6.61 Å². The van der Waals surface area contributed by atoms with Gasteiger partial charge in [0, 0.05) is 44.2 Å². The monoisotopic (exact) mass is 555 g/mol. The van der Waals surface area contributed by atoms with Gasteiger partial charge in [0.1, 0.15) is 22.8 Å². The zero-order valence-electron chi connectivity index (χ0n) is 20.9. The number of fused-ring (bicyclic) bond motifs is 1. The predicted octanol–water partition coefficient (Wildman–Crippen LogP) is 6.00. The maximum Gasteiger partial charge on any atom is 0.344 e. The fraction of sp³-hybridized carbons (Fsp3) is 0.321. The van der Waals surface area contributed by atoms with Crippen molar-refractivity contribution in [3.8, 4) is 17.2 Å². The Labute approximate surface area is 231 Å². The van der Waals surface area contributed by atoms with Gasteiger partial charge in [-0.3, -0.25) is 9.78 Å². The number of nitrogens with zero attached hydrogens (tertiary/aromatic N) is 3. The Balaban J connectivity index is 1.36. The number of esters is 1. The van der Waals surface area contributed by atoms with Crippen molar-refractivity contribution in [2.24, 2.45) is 5.92 Å². The molecule has 0 bridgehead atoms. The number of aromatic nitrogens is 1. The molecule has 8 nitrogen and oxygen atoms in total. The second-order valence-corrected chi connectivity index (χ2v) is 9.93. The SMILES string of the molecule is CCOC(=O)COc1cc(Cl)c(Oc2ccncc2C(=O)N2CCN(CC3CC3)c3ccccc32)cc1Cl. The number of para-hydroxylation sites is 2. The van der Waals surface area contributed by atoms with Crippen molar-refractivity contribution in [1.82, 2.24) is 4.98 Å². The number of amides is 1. The lowest BCUT2D eigenvalue weighted by molar-refractivity contribution is -0.145. The van der Waals surface area contributed by atoms with E-state index in [9.17, 15) is 9.59 Å². The number of anilines is 2. The lowest BCUT2D eigenvalue weighted by Crippen LogP contribution is -2.44. The minimum Gasteiger partial charge on any atom is -0.480 e. The normalized spacial score (nSPS) is 14.6. The Morgan fingerprint density at radius 3 is 2.50 bits per heavy atom. The van der Waals surface area contributed by atoms with Crippen molar-refractivity contribution in [2.75, 3.05) is 42.6 Å². The van der Waals surface area contributed by atoms with E-state index in [0.29, 0.717) is 17.9 Å². The average Bonchev–Trinajstić information content (AvgIpc) is 3.74. The van der Waals surface area contributed by atoms with E-state index in [1.807, 2.05) is 18.2 Å². The largest absolute Gasteiger partial charge is 0.480 e. The quantitative estimate of drug-likeness (QED) is 0.299. The Morgan fingerprint density at radius 2 is 1.74 bits per heavy atom. The van der Waals surface area contributed by atoms with E-state index in [2.05, 4.69) is 16.0 Å². The third-order valence-corrected chi connectivity index (χ3v) is 6.99. The first kappa shape index (κ1) is 26.1. The number of carbonyl (C=O) groups excluding carboxylic acids is 2. The number of hydrogen-bond acceptors (Lipinski definition) is 7. The highest BCUT2D eigenvalue weighted by atomic mass is 35.5. The Hall–Kier alpha value is -3.49. The van der Waals surface area contributed by atoms with Crippen LogP contribution in [0.3, 0.4) is 0 Å². The van der Waals surface area contributed by atoms with Crippen molar-refractivity contribution >= 4 is 46.5 Å². The van der Waals surface area contributed by atoms with Crippen LogP contribution >= 0.6 is 23.2 Å². The van der Waals surface area contributed by atoms with Crippen LogP contribution < -0.4 is 19.3 Å². The first-order valence-corrected chi connectivity index (χ1v) is 13.3. The number of benzene rings is 2. The number of halogens is 2. The Bertz CT molecular complexity index is 1350. The smallest absolute Gasteiger partial charge is 0.344 e. The molecule has 1 fully saturated rings. The summed E-state index contributed by atoms with van der Waals surface area (Å²) < 4.78 is 16.3. The highest BCUT2D eigenvalue weighted by Gasteiger charge is 2.32. The number of ether oxygens (including phenoxy) is 3. The summed E-state index contributed by atoms with van der Waals surface area (Å²) in [5.41, 5.74) is 2.22. The third kappa shape index (κ3) is 5.81. The van der Waals surface area contributed by atoms with E-state index in [-0.39, 0.29) is 40.7 Å². The van der Waals surface area contributed by atoms with Gasteiger partial charge in [-0.2, -0.15) is 0 Å². The van der Waals surface area contributed by atoms with Crippen molar-refractivity contribution in [2.45, 2.75) is 19.8 Å². The predicted molar refractivity (Wildman–Crippen MR) is 146 cm³/mol. The second kappa shape index (κ2) is 11.5. The van der Waals surface area contributed by atoms with Crippen molar-refractivity contribution in [1.29, 1.82) is 0 Å². The maximum absolute atomic E-state index is 13.8. The average molecular weight is 556 g/mol. The fourth-order valence-electron chi connectivity index (χ4n) is 4.37. The highest BCUT2D eigenvalue weighted by Crippen LogP contribution is 2.41. The number of hydrogen-bond donors (Lipinski definition) is 0. The first-order chi connectivity index (χ1) is 18.4. The molecule has 10 heteroatoms. The van der Waals surface area contributed by atoms with Gasteiger partial charge in [-0.1, -0.05) is 35.3 Å². The third-order valence-electron chi connectivity index (χ3n) is 6.40. The van der Waals surface area contributed by atoms with E-state index in [1.165, 1.54) is 31.2 Å². The molecule has 1 aliphatic heterocycles. The molecule has 0 spiro atoms. The summed E-state index contributed by atoms with van der Waals surface area (Å²) in [6.07, 6.45) is 5.56. The van der Waals surface area contributed by atoms with Crippen molar-refractivity contribution in [3.05, 3.63) is 70.5 Å². The molecule has 0 unspecified atom stereocenters. The Morgan fingerprint density at radius 1 is 1.00 bits per heavy atom. The van der Waals surface area contributed by atoms with Crippen LogP contribution in [0.15, 0.2) is 54.9 Å². The second-order valence-electron chi connectivity index (χ2n) is 9.12. The molecule has 0 atom stereocenters. The van der Waals surface area contributed by atoms with Crippen molar-refractivity contribution < 1.29 is 23.8 Å². The molecule has 3 aromatic rings. The molecule has 0 N–H and O–H groups in total. The lowest BCUT2D eigenvalue weighted by atomic mass is 10.1. The lowest BCUT2D eigenvalue weighted by Gasteiger charge is -2.38. The van der Waals surface area contributed by atoms with E-state index >= 15 is 0 Å². The van der Waals surface area contributed by atoms with E-state index in [0.717, 1.165) is 30.4 Å². The zero-order chi connectivity index (χ0) is 26.6. The molecule has 198 valence electrons. The van der Waals surface area contributed by atoms with Gasteiger partial charge in [0.2, 0.25) is 0 Å². The summed E-state index contributed by atoms with van der Waals surface area (Å²) in [4.78, 5) is 33.7. The molecular formula is C28H27Cl2N3O5. The molecule has 1 aliphatic carbocycles. The summed E-state index contributed by atoms with van der Waals surface area (Å²) in [6, 6.07) is 12.5. The summed E-state index contributed by atoms with van der Waals surface area (Å²) in [5, 5.41) is 0.388. The first-order valence-electron chi connectivity index (χ1n) is 12.5. The van der Waals surface area contributed by atoms with E-state index in [4.69, 9.17) is 37.4 Å². The molecule has 38 heavy (non-hydrogen) atoms. The Kier molecular flexibility index (Phi) is 7.90. The molecule has 1 amide bonds. The molecular weight excluding hydrogens is 529 g/mol. The number of carbonyl (C=O) groups is 2. The van der Waals surface area contributed by atoms with Crippen LogP contribution in [-0.4, -0.2) is 49.7 Å². The van der Waals surface area contributed by atoms with E-state index in [1.54, 1.807) is 24.1 Å². The van der Waals surface area contributed by atoms with Gasteiger partial charge >= 0.3 is 5.97 Å². The van der Waals surface area contributed by atoms with Crippen molar-refractivity contribution in [3.63, 3.8) is 0 Å². The van der Waals surface area contributed by atoms with Gasteiger partial charge in [-0.05, 0) is 43.9 Å². The van der Waals surface area contributed by atoms with Crippen LogP contribution in [0.25, 0.3) is 0 Å². The molecule has 5 rings (SSSR count). The van der Waals surface area contributed by atoms with E-state index < -0.39 is 5.97 Å². The minimum absolute atomic E-state index is 0.191. The minimum atomic E-state index is -0.519. The van der Waals surface area contributed by atoms with Gasteiger partial charge in [-0.15, -0.1) is 0 Å². The summed E-state index contributed by atoms with van der Waals surface area (Å²) in [7, 11) is 0. The molecule has 0 saturated heterocycles. The maximum atomic E-state index is 13.8. The molecule has 2 aromatic carbocycles. The van der Waals surface area contributed by atoms with Gasteiger partial charge < -0.3 is 24.0 Å². The molecule has 2 heterocycles. The topological polar surface area (TPSA) is 81.2 Å². The fourth-order valence-corrected chi connectivity index (χ4v) is 4.77. The van der Waals surface area contributed by atoms with Crippen LogP contribution in [0.1, 0.15) is 30.1 Å². The highest BCUT2D eigenvalue weighted by molar-refractivity contribution is 6.35. The summed E-state index contributed by atoms with van der Waals surface area (Å²) in [5.74, 6) is 0.736. The molecule has 2 aliphatic rings. The molecule has 1 aromatic heterocycles. The van der Waals surface area contributed by atoms with Crippen LogP contribution in [-0.2, 0) is 9.53 Å². The van der Waals surface area contributed by atoms with Gasteiger partial charge in [0.05, 0.1) is 28.0 Å². The molecule has 0 radical (unpaired) electrons. The standard InChI is InChI=1S/C28H27Cl2N3O5/c1-2-36-27(34)17-37-25-13-21(30)26(14-20(25)29)38-24-9-10-31-15-19(24)28(35)33-12-11-32(16-18-7-8-18)22-5-3-4-6-23(22)33/h3-6,9-10,13-15,18H,2,7-8,11-12,16-17H2,1H3. The summed E-state index contributed by atoms with van der Waals surface area (Å²) >= 11 is 12.8. The molecule has 1 saturated carbocycles.